The van der Waals surface area contributed by atoms with Gasteiger partial charge in [0.05, 0.1) is 12.2 Å². The Morgan fingerprint density at radius 1 is 0.927 bits per heavy atom. The van der Waals surface area contributed by atoms with Crippen LogP contribution in [-0.4, -0.2) is 62.3 Å². The molecule has 3 rings (SSSR count). The van der Waals surface area contributed by atoms with Crippen molar-refractivity contribution >= 4 is 39.6 Å². The Labute approximate surface area is 237 Å². The third kappa shape index (κ3) is 7.82. The van der Waals surface area contributed by atoms with E-state index < -0.39 is 57.5 Å². The molecule has 0 aromatic heterocycles. The van der Waals surface area contributed by atoms with Crippen molar-refractivity contribution in [2.75, 3.05) is 24.5 Å². The molecule has 1 aliphatic rings. The second-order valence-electron chi connectivity index (χ2n) is 9.31. The van der Waals surface area contributed by atoms with Crippen LogP contribution in [0.15, 0.2) is 48.5 Å². The van der Waals surface area contributed by atoms with Crippen molar-refractivity contribution in [1.82, 2.24) is 16.0 Å². The summed E-state index contributed by atoms with van der Waals surface area (Å²) in [7, 11) is -4.83. The molecule has 3 atom stereocenters. The highest BCUT2D eigenvalue weighted by Crippen LogP contribution is 2.25. The van der Waals surface area contributed by atoms with Gasteiger partial charge >= 0.3 is 16.1 Å². The minimum atomic E-state index is -4.83. The smallest absolute Gasteiger partial charge is 0.322 e. The number of primary amides is 1. The van der Waals surface area contributed by atoms with Gasteiger partial charge in [0.1, 0.15) is 0 Å². The van der Waals surface area contributed by atoms with Crippen molar-refractivity contribution in [3.05, 3.63) is 65.2 Å². The number of nitrogens with zero attached hydrogens (tertiary/aromatic N) is 1. The van der Waals surface area contributed by atoms with Crippen LogP contribution in [0.5, 0.6) is 0 Å². The normalized spacial score (nSPS) is 14.4. The maximum absolute atomic E-state index is 13.2. The first kappa shape index (κ1) is 31.1. The first-order valence-corrected chi connectivity index (χ1v) is 14.1. The molecule has 3 unspecified atom stereocenters. The van der Waals surface area contributed by atoms with E-state index in [9.17, 15) is 27.6 Å². The molecule has 0 radical (unpaired) electrons. The van der Waals surface area contributed by atoms with Crippen molar-refractivity contribution in [2.24, 2.45) is 17.6 Å². The lowest BCUT2D eigenvalue weighted by atomic mass is 9.94. The van der Waals surface area contributed by atoms with E-state index >= 15 is 0 Å². The van der Waals surface area contributed by atoms with E-state index in [1.807, 2.05) is 30.3 Å². The summed E-state index contributed by atoms with van der Waals surface area (Å²) in [4.78, 5) is 51.0. The molecule has 218 valence electrons. The number of hydrogen-bond donors (Lipinski definition) is 5. The molecule has 41 heavy (non-hydrogen) atoms. The molecule has 13 nitrogen and oxygen atoms in total. The van der Waals surface area contributed by atoms with E-state index in [1.165, 1.54) is 18.7 Å². The van der Waals surface area contributed by atoms with Gasteiger partial charge in [0.25, 0.3) is 0 Å². The third-order valence-corrected chi connectivity index (χ3v) is 7.92. The number of benzene rings is 2. The monoisotopic (exact) mass is 585 g/mol. The molecule has 0 saturated carbocycles. The van der Waals surface area contributed by atoms with Crippen LogP contribution in [0.4, 0.5) is 10.5 Å². The predicted molar refractivity (Wildman–Crippen MR) is 148 cm³/mol. The molecule has 0 bridgehead atoms. The molecule has 2 aromatic carbocycles. The predicted octanol–water partition coefficient (Wildman–Crippen LogP) is 0.294. The Morgan fingerprint density at radius 2 is 1.54 bits per heavy atom. The number of nitrogens with two attached hydrogens (primary N) is 1. The fourth-order valence-corrected chi connectivity index (χ4v) is 4.67. The van der Waals surface area contributed by atoms with Crippen molar-refractivity contribution in [2.45, 2.75) is 25.6 Å². The van der Waals surface area contributed by atoms with E-state index in [0.29, 0.717) is 11.3 Å². The number of nitrogens with one attached hydrogen (secondary N) is 3. The van der Waals surface area contributed by atoms with Gasteiger partial charge in [0.15, 0.2) is 5.25 Å². The Hall–Kier alpha value is -4.45. The van der Waals surface area contributed by atoms with Gasteiger partial charge in [-0.15, -0.1) is 4.33 Å². The first-order valence-electron chi connectivity index (χ1n) is 12.6. The Bertz CT molecular complexity index is 1480. The molecule has 5 amide bonds. The minimum absolute atomic E-state index is 0.0805. The highest BCUT2D eigenvalue weighted by molar-refractivity contribution is 7.88. The summed E-state index contributed by atoms with van der Waals surface area (Å²) in [6.45, 7) is 2.06. The Balaban J connectivity index is 1.62. The maximum Gasteiger partial charge on any atom is 0.322 e. The largest absolute Gasteiger partial charge is 0.369 e. The molecule has 2 aromatic rings. The standard InChI is InChI=1S/C27H31N5O8S/c1-17(24(28)33)18(2)25(34)31-15-23(41(38,39)40-37)26(35)29-13-14-30-27(36)32-16-21-9-4-3-7-19(21)11-12-20-8-5-6-10-22(20)32/h3-10,17-18,23,37H,13-16H2,1-2H3,(H2,28,33)(H,29,35)(H,30,36)(H,31,34). The fourth-order valence-electron chi connectivity index (χ4n) is 3.94. The zero-order valence-corrected chi connectivity index (χ0v) is 23.2. The Kier molecular flexibility index (Phi) is 10.4. The Morgan fingerprint density at radius 3 is 2.22 bits per heavy atom. The second kappa shape index (κ2) is 13.8. The lowest BCUT2D eigenvalue weighted by Gasteiger charge is -2.26. The average molecular weight is 586 g/mol. The van der Waals surface area contributed by atoms with Crippen LogP contribution in [0.3, 0.4) is 0 Å². The van der Waals surface area contributed by atoms with Crippen molar-refractivity contribution in [3.63, 3.8) is 0 Å². The lowest BCUT2D eigenvalue weighted by molar-refractivity contribution is -0.135. The van der Waals surface area contributed by atoms with Crippen molar-refractivity contribution < 1.29 is 37.2 Å². The minimum Gasteiger partial charge on any atom is -0.369 e. The van der Waals surface area contributed by atoms with Crippen LogP contribution in [0.25, 0.3) is 0 Å². The van der Waals surface area contributed by atoms with Gasteiger partial charge in [0, 0.05) is 42.6 Å². The zero-order chi connectivity index (χ0) is 30.2. The quantitative estimate of drug-likeness (QED) is 0.107. The molecule has 0 spiro atoms. The summed E-state index contributed by atoms with van der Waals surface area (Å²) < 4.78 is 27.8. The van der Waals surface area contributed by atoms with Crippen LogP contribution >= 0.6 is 0 Å². The number of fused-ring (bicyclic) bond motifs is 2. The summed E-state index contributed by atoms with van der Waals surface area (Å²) in [5, 5.41) is 14.1. The lowest BCUT2D eigenvalue weighted by Crippen LogP contribution is -2.50. The number of carbonyl (C=O) groups is 4. The number of urea groups is 1. The molecule has 0 fully saturated rings. The van der Waals surface area contributed by atoms with Gasteiger partial charge in [0.2, 0.25) is 17.7 Å². The second-order valence-corrected chi connectivity index (χ2v) is 11.0. The van der Waals surface area contributed by atoms with Gasteiger partial charge < -0.3 is 21.7 Å². The summed E-state index contributed by atoms with van der Waals surface area (Å²) >= 11 is 0. The maximum atomic E-state index is 13.2. The van der Waals surface area contributed by atoms with E-state index in [-0.39, 0.29) is 19.6 Å². The zero-order valence-electron chi connectivity index (χ0n) is 22.4. The third-order valence-electron chi connectivity index (χ3n) is 6.64. The molecule has 1 aliphatic heterocycles. The van der Waals surface area contributed by atoms with Crippen LogP contribution < -0.4 is 26.6 Å². The van der Waals surface area contributed by atoms with Gasteiger partial charge in [-0.2, -0.15) is 8.42 Å². The molecular formula is C27H31N5O8S. The number of anilines is 1. The molecule has 1 heterocycles. The number of rotatable bonds is 11. The number of carbonyl (C=O) groups excluding carboxylic acids is 4. The van der Waals surface area contributed by atoms with E-state index in [4.69, 9.17) is 11.0 Å². The van der Waals surface area contributed by atoms with Gasteiger partial charge in [-0.05, 0) is 23.8 Å². The van der Waals surface area contributed by atoms with Crippen molar-refractivity contribution in [3.8, 4) is 11.8 Å². The molecule has 6 N–H and O–H groups in total. The fraction of sp³-hybridized carbons (Fsp3) is 0.333. The number of amides is 5. The average Bonchev–Trinajstić information content (AvgIpc) is 2.95. The van der Waals surface area contributed by atoms with E-state index in [0.717, 1.165) is 11.1 Å². The number of hydrogen-bond acceptors (Lipinski definition) is 8. The van der Waals surface area contributed by atoms with E-state index in [1.54, 1.807) is 18.2 Å². The SMILES string of the molecule is CC(C(N)=O)C(C)C(=O)NCC(C(=O)NCCNC(=O)N1Cc2ccccc2C#Cc2ccccc21)S(=O)(=O)OO. The molecule has 0 aliphatic carbocycles. The van der Waals surface area contributed by atoms with Crippen LogP contribution in [0.2, 0.25) is 0 Å². The van der Waals surface area contributed by atoms with Crippen molar-refractivity contribution in [1.29, 1.82) is 0 Å². The first-order chi connectivity index (χ1) is 19.5. The topological polar surface area (TPSA) is 197 Å². The summed E-state index contributed by atoms with van der Waals surface area (Å²) in [5.41, 5.74) is 8.08. The van der Waals surface area contributed by atoms with E-state index in [2.05, 4.69) is 32.1 Å². The van der Waals surface area contributed by atoms with Crippen LogP contribution in [0.1, 0.15) is 30.5 Å². The number of para-hydroxylation sites is 1. The van der Waals surface area contributed by atoms with Crippen LogP contribution in [-0.2, 0) is 35.4 Å². The molecular weight excluding hydrogens is 554 g/mol. The highest BCUT2D eigenvalue weighted by atomic mass is 32.2. The van der Waals surface area contributed by atoms with Gasteiger partial charge in [-0.3, -0.25) is 19.3 Å². The van der Waals surface area contributed by atoms with Gasteiger partial charge in [-0.1, -0.05) is 56.0 Å². The summed E-state index contributed by atoms with van der Waals surface area (Å²) in [5.74, 6) is 1.91. The summed E-state index contributed by atoms with van der Waals surface area (Å²) in [6.07, 6.45) is 0. The van der Waals surface area contributed by atoms with Crippen LogP contribution in [0, 0.1) is 23.7 Å². The van der Waals surface area contributed by atoms with Gasteiger partial charge in [-0.25, -0.2) is 10.1 Å². The highest BCUT2D eigenvalue weighted by Gasteiger charge is 2.35. The molecule has 14 heteroatoms. The molecule has 0 saturated heterocycles. The summed E-state index contributed by atoms with van der Waals surface area (Å²) in [6, 6.07) is 14.1.